The Balaban J connectivity index is 2.03. The Morgan fingerprint density at radius 3 is 2.83 bits per heavy atom. The topological polar surface area (TPSA) is 82.1 Å². The van der Waals surface area contributed by atoms with E-state index in [1.54, 1.807) is 21.9 Å². The zero-order valence-corrected chi connectivity index (χ0v) is 21.4. The normalized spacial score (nSPS) is 16.4. The zero-order chi connectivity index (χ0) is 21.4. The van der Waals surface area contributed by atoms with Crippen LogP contribution in [-0.2, 0) is 9.59 Å². The van der Waals surface area contributed by atoms with Gasteiger partial charge in [0.1, 0.15) is 0 Å². The molecule has 1 aliphatic rings. The number of aliphatic hydroxyl groups excluding tert-OH is 1. The van der Waals surface area contributed by atoms with Gasteiger partial charge in [0, 0.05) is 0 Å². The molecule has 11 heteroatoms. The van der Waals surface area contributed by atoms with Gasteiger partial charge in [0.15, 0.2) is 0 Å². The first-order valence-electron chi connectivity index (χ1n) is 8.88. The van der Waals surface area contributed by atoms with Crippen LogP contribution in [0.4, 0.5) is 5.69 Å². The second kappa shape index (κ2) is 12.4. The summed E-state index contributed by atoms with van der Waals surface area (Å²) in [5.41, 5.74) is 0.612. The average molecular weight is 669 g/mol. The number of hydrogen-bond acceptors (Lipinski definition) is 5. The molecule has 2 amide bonds. The SMILES string of the molecule is C=CC(=O)N(CCO)[C@@H]1CCCN(C(=O)CNc2cc(Cl)c(Cl)cc2O[I-]I)C1. The summed E-state index contributed by atoms with van der Waals surface area (Å²) in [5, 5.41) is 13.1. The Bertz CT molecular complexity index is 754. The standard InChI is InChI=1S/C18H22Cl2I2N3O4/c1-2-17(27)25(6-7-26)12-4-3-5-24(11-12)18(28)10-23-15-8-13(19)14(20)9-16(15)29-22-21/h2,8-9,12,23,26H,1,3-7,10-11H2/q-1/t12-/m1/s1. The van der Waals surface area contributed by atoms with Crippen molar-refractivity contribution in [2.45, 2.75) is 18.9 Å². The van der Waals surface area contributed by atoms with Crippen LogP contribution in [0.15, 0.2) is 24.8 Å². The minimum absolute atomic E-state index is 0.0655. The number of anilines is 1. The molecule has 1 aromatic carbocycles. The predicted octanol–water partition coefficient (Wildman–Crippen LogP) is 0.136. The second-order valence-electron chi connectivity index (χ2n) is 6.35. The van der Waals surface area contributed by atoms with Crippen molar-refractivity contribution in [3.05, 3.63) is 34.8 Å². The van der Waals surface area contributed by atoms with Gasteiger partial charge in [0.25, 0.3) is 0 Å². The predicted molar refractivity (Wildman–Crippen MR) is 118 cm³/mol. The summed E-state index contributed by atoms with van der Waals surface area (Å²) in [5.74, 6) is 0.235. The molecule has 1 aliphatic heterocycles. The number of hydrogen-bond donors (Lipinski definition) is 2. The molecular formula is C18H22Cl2I2N3O4-. The summed E-state index contributed by atoms with van der Waals surface area (Å²) < 4.78 is 5.65. The average Bonchev–Trinajstić information content (AvgIpc) is 2.73. The number of carbonyl (C=O) groups excluding carboxylic acids is 2. The zero-order valence-electron chi connectivity index (χ0n) is 15.5. The summed E-state index contributed by atoms with van der Waals surface area (Å²) in [7, 11) is 0. The van der Waals surface area contributed by atoms with Crippen LogP contribution in [0, 0.1) is 0 Å². The fourth-order valence-corrected chi connectivity index (χ4v) is 5.24. The minimum atomic E-state index is -0.510. The van der Waals surface area contributed by atoms with Crippen LogP contribution in [0.1, 0.15) is 12.8 Å². The summed E-state index contributed by atoms with van der Waals surface area (Å²) in [6.45, 7) is 4.71. The van der Waals surface area contributed by atoms with Gasteiger partial charge in [0.2, 0.25) is 0 Å². The third-order valence-electron chi connectivity index (χ3n) is 4.55. The fourth-order valence-electron chi connectivity index (χ4n) is 3.18. The third-order valence-corrected chi connectivity index (χ3v) is 7.03. The molecule has 0 unspecified atom stereocenters. The van der Waals surface area contributed by atoms with E-state index in [1.807, 2.05) is 0 Å². The van der Waals surface area contributed by atoms with Gasteiger partial charge in [-0.15, -0.1) is 0 Å². The van der Waals surface area contributed by atoms with E-state index >= 15 is 0 Å². The Morgan fingerprint density at radius 1 is 1.45 bits per heavy atom. The molecule has 0 aliphatic carbocycles. The molecule has 1 fully saturated rings. The quantitative estimate of drug-likeness (QED) is 0.289. The molecule has 2 rings (SSSR count). The van der Waals surface area contributed by atoms with Crippen LogP contribution in [0.5, 0.6) is 5.75 Å². The van der Waals surface area contributed by atoms with Crippen molar-refractivity contribution in [3.63, 3.8) is 0 Å². The molecule has 1 heterocycles. The molecule has 2 N–H and O–H groups in total. The van der Waals surface area contributed by atoms with Gasteiger partial charge < -0.3 is 5.11 Å². The van der Waals surface area contributed by atoms with Gasteiger partial charge in [-0.1, -0.05) is 6.58 Å². The molecule has 1 aromatic rings. The summed E-state index contributed by atoms with van der Waals surface area (Å²) in [6, 6.07) is 3.14. The molecule has 0 aromatic heterocycles. The van der Waals surface area contributed by atoms with Crippen molar-refractivity contribution in [1.29, 1.82) is 0 Å². The van der Waals surface area contributed by atoms with E-state index in [0.29, 0.717) is 34.6 Å². The van der Waals surface area contributed by atoms with E-state index in [2.05, 4.69) is 30.5 Å². The summed E-state index contributed by atoms with van der Waals surface area (Å²) >= 11 is 13.8. The van der Waals surface area contributed by atoms with Crippen LogP contribution in [0.3, 0.4) is 0 Å². The molecule has 1 saturated heterocycles. The first-order valence-corrected chi connectivity index (χ1v) is 16.8. The molecule has 7 nitrogen and oxygen atoms in total. The van der Waals surface area contributed by atoms with Crippen LogP contribution < -0.4 is 26.0 Å². The molecule has 29 heavy (non-hydrogen) atoms. The van der Waals surface area contributed by atoms with E-state index < -0.39 is 17.6 Å². The summed E-state index contributed by atoms with van der Waals surface area (Å²) in [4.78, 5) is 28.2. The number of aliphatic hydroxyl groups is 1. The molecule has 1 atom stereocenters. The van der Waals surface area contributed by atoms with E-state index in [1.165, 1.54) is 6.08 Å². The Labute approximate surface area is 200 Å². The first kappa shape index (κ1) is 24.8. The van der Waals surface area contributed by atoms with Gasteiger partial charge in [-0.05, 0) is 0 Å². The maximum absolute atomic E-state index is 12.8. The van der Waals surface area contributed by atoms with Crippen LogP contribution in [0.25, 0.3) is 0 Å². The van der Waals surface area contributed by atoms with Gasteiger partial charge in [0.05, 0.1) is 0 Å². The van der Waals surface area contributed by atoms with E-state index in [4.69, 9.17) is 26.3 Å². The van der Waals surface area contributed by atoms with Crippen LogP contribution in [0.2, 0.25) is 10.0 Å². The van der Waals surface area contributed by atoms with Gasteiger partial charge in [-0.3, -0.25) is 0 Å². The number of rotatable bonds is 9. The van der Waals surface area contributed by atoms with Crippen LogP contribution >= 0.6 is 41.8 Å². The van der Waals surface area contributed by atoms with Crippen molar-refractivity contribution < 1.29 is 35.4 Å². The molecule has 162 valence electrons. The Morgan fingerprint density at radius 2 is 2.17 bits per heavy atom. The number of halogens is 4. The Hall–Kier alpha value is -0.500. The molecule has 0 bridgehead atoms. The first-order chi connectivity index (χ1) is 13.9. The van der Waals surface area contributed by atoms with E-state index in [0.717, 1.165) is 12.8 Å². The van der Waals surface area contributed by atoms with Crippen LogP contribution in [-0.4, -0.2) is 65.5 Å². The van der Waals surface area contributed by atoms with Crippen molar-refractivity contribution >= 4 is 59.3 Å². The van der Waals surface area contributed by atoms with Crippen molar-refractivity contribution in [3.8, 4) is 5.75 Å². The number of nitrogens with one attached hydrogen (secondary N) is 1. The van der Waals surface area contributed by atoms with Crippen molar-refractivity contribution in [2.24, 2.45) is 0 Å². The number of carbonyl (C=O) groups is 2. The fraction of sp³-hybridized carbons (Fsp3) is 0.444. The second-order valence-corrected chi connectivity index (χ2v) is 10.2. The van der Waals surface area contributed by atoms with Gasteiger partial charge in [-0.25, -0.2) is 0 Å². The van der Waals surface area contributed by atoms with E-state index in [9.17, 15) is 14.7 Å². The maximum atomic E-state index is 12.8. The molecular weight excluding hydrogens is 647 g/mol. The summed E-state index contributed by atoms with van der Waals surface area (Å²) in [6.07, 6.45) is 2.80. The molecule has 0 radical (unpaired) electrons. The van der Waals surface area contributed by atoms with E-state index in [-0.39, 0.29) is 37.6 Å². The van der Waals surface area contributed by atoms with Crippen molar-refractivity contribution in [1.82, 2.24) is 9.80 Å². The number of piperidine rings is 1. The van der Waals surface area contributed by atoms with Crippen molar-refractivity contribution in [2.75, 3.05) is 38.1 Å². The number of amides is 2. The Kier molecular flexibility index (Phi) is 10.6. The molecule has 0 spiro atoms. The monoisotopic (exact) mass is 668 g/mol. The number of likely N-dealkylation sites (tertiary alicyclic amines) is 1. The number of benzene rings is 1. The van der Waals surface area contributed by atoms with Gasteiger partial charge in [-0.2, -0.15) is 0 Å². The molecule has 0 saturated carbocycles. The number of nitrogens with zero attached hydrogens (tertiary/aromatic N) is 2. The third kappa shape index (κ3) is 7.01. The van der Waals surface area contributed by atoms with Gasteiger partial charge >= 0.3 is 190 Å².